The maximum absolute atomic E-state index is 9.16. The van der Waals surface area contributed by atoms with Gasteiger partial charge in [0.05, 0.1) is 11.9 Å². The van der Waals surface area contributed by atoms with Gasteiger partial charge in [-0.1, -0.05) is 12.1 Å². The van der Waals surface area contributed by atoms with Crippen LogP contribution in [0.15, 0.2) is 42.9 Å². The lowest BCUT2D eigenvalue weighted by atomic mass is 10.1. The molecule has 1 aromatic carbocycles. The number of benzene rings is 1. The van der Waals surface area contributed by atoms with Crippen LogP contribution in [0.2, 0.25) is 0 Å². The molecule has 1 aromatic heterocycles. The first kappa shape index (κ1) is 13.2. The summed E-state index contributed by atoms with van der Waals surface area (Å²) in [5.74, 6) is 0.273. The van der Waals surface area contributed by atoms with E-state index < -0.39 is 0 Å². The Labute approximate surface area is 106 Å². The Hall–Kier alpha value is -1.87. The minimum Gasteiger partial charge on any atom is -0.508 e. The number of aromatic nitrogens is 2. The summed E-state index contributed by atoms with van der Waals surface area (Å²) in [5, 5.41) is 9.16. The molecule has 2 rings (SSSR count). The van der Waals surface area contributed by atoms with Gasteiger partial charge in [0.2, 0.25) is 0 Å². The average Bonchev–Trinajstić information content (AvgIpc) is 2.33. The molecule has 1 N–H and O–H groups in total. The molecule has 0 radical (unpaired) electrons. The Bertz CT molecular complexity index is 495. The molecule has 4 heteroatoms. The average molecular weight is 249 g/mol. The number of halogens is 1. The Balaban J connectivity index is 0.00000144. The summed E-state index contributed by atoms with van der Waals surface area (Å²) < 4.78 is 0. The lowest BCUT2D eigenvalue weighted by Crippen LogP contribution is -1.86. The number of aromatic hydroxyl groups is 1. The van der Waals surface area contributed by atoms with Gasteiger partial charge in [-0.25, -0.2) is 0 Å². The van der Waals surface area contributed by atoms with Gasteiger partial charge in [0.1, 0.15) is 5.75 Å². The molecule has 17 heavy (non-hydrogen) atoms. The molecule has 0 aliphatic rings. The van der Waals surface area contributed by atoms with E-state index in [2.05, 4.69) is 9.97 Å². The normalized spacial score (nSPS) is 10.8. The molecule has 0 spiro atoms. The second-order valence-corrected chi connectivity index (χ2v) is 3.51. The van der Waals surface area contributed by atoms with Crippen molar-refractivity contribution in [3.63, 3.8) is 0 Å². The van der Waals surface area contributed by atoms with Crippen LogP contribution in [0.25, 0.3) is 11.6 Å². The van der Waals surface area contributed by atoms with Crippen LogP contribution >= 0.6 is 12.4 Å². The topological polar surface area (TPSA) is 46.0 Å². The lowest BCUT2D eigenvalue weighted by Gasteiger charge is -2.00. The van der Waals surface area contributed by atoms with Crippen molar-refractivity contribution in [2.24, 2.45) is 0 Å². The van der Waals surface area contributed by atoms with Gasteiger partial charge in [-0.2, -0.15) is 0 Å². The fraction of sp³-hybridized carbons (Fsp3) is 0.0769. The number of nitrogens with zero attached hydrogens (tertiary/aromatic N) is 2. The standard InChI is InChI=1S/C13H12N2O.ClH/c1-10(13-9-14-6-7-15-13)8-11-2-4-12(16)5-3-11;/h2-9,16H,1H3;1H/b10-8+;. The first-order valence-corrected chi connectivity index (χ1v) is 4.99. The van der Waals surface area contributed by atoms with Gasteiger partial charge in [-0.3, -0.25) is 9.97 Å². The quantitative estimate of drug-likeness (QED) is 0.888. The van der Waals surface area contributed by atoms with Gasteiger partial charge >= 0.3 is 0 Å². The third kappa shape index (κ3) is 3.57. The number of phenols is 1. The van der Waals surface area contributed by atoms with Crippen molar-refractivity contribution in [2.45, 2.75) is 6.92 Å². The molecule has 0 saturated carbocycles. The van der Waals surface area contributed by atoms with Crippen LogP contribution in [0.1, 0.15) is 18.2 Å². The highest BCUT2D eigenvalue weighted by Gasteiger charge is 1.97. The maximum Gasteiger partial charge on any atom is 0.115 e. The molecule has 0 unspecified atom stereocenters. The minimum atomic E-state index is 0. The summed E-state index contributed by atoms with van der Waals surface area (Å²) in [7, 11) is 0. The van der Waals surface area contributed by atoms with Crippen LogP contribution < -0.4 is 0 Å². The summed E-state index contributed by atoms with van der Waals surface area (Å²) in [6.07, 6.45) is 7.05. The Morgan fingerprint density at radius 2 is 1.88 bits per heavy atom. The van der Waals surface area contributed by atoms with Crippen LogP contribution in [0.3, 0.4) is 0 Å². The van der Waals surface area contributed by atoms with E-state index in [4.69, 9.17) is 5.11 Å². The predicted octanol–water partition coefficient (Wildman–Crippen LogP) is 3.16. The maximum atomic E-state index is 9.16. The van der Waals surface area contributed by atoms with Crippen molar-refractivity contribution in [1.82, 2.24) is 9.97 Å². The molecule has 1 heterocycles. The predicted molar refractivity (Wildman–Crippen MR) is 70.9 cm³/mol. The zero-order chi connectivity index (χ0) is 11.4. The third-order valence-electron chi connectivity index (χ3n) is 2.24. The molecule has 0 amide bonds. The van der Waals surface area contributed by atoms with Gasteiger partial charge in [-0.15, -0.1) is 12.4 Å². The highest BCUT2D eigenvalue weighted by molar-refractivity contribution is 5.85. The Morgan fingerprint density at radius 1 is 1.18 bits per heavy atom. The van der Waals surface area contributed by atoms with Crippen LogP contribution in [0, 0.1) is 0 Å². The van der Waals surface area contributed by atoms with Crippen molar-refractivity contribution in [2.75, 3.05) is 0 Å². The summed E-state index contributed by atoms with van der Waals surface area (Å²) in [5.41, 5.74) is 2.93. The summed E-state index contributed by atoms with van der Waals surface area (Å²) in [4.78, 5) is 8.23. The molecule has 0 bridgehead atoms. The molecular formula is C13H13ClN2O. The summed E-state index contributed by atoms with van der Waals surface area (Å²) in [6.45, 7) is 1.98. The van der Waals surface area contributed by atoms with E-state index in [9.17, 15) is 0 Å². The van der Waals surface area contributed by atoms with E-state index in [0.717, 1.165) is 16.8 Å². The number of allylic oxidation sites excluding steroid dienone is 1. The third-order valence-corrected chi connectivity index (χ3v) is 2.24. The highest BCUT2D eigenvalue weighted by atomic mass is 35.5. The second-order valence-electron chi connectivity index (χ2n) is 3.51. The Morgan fingerprint density at radius 3 is 2.47 bits per heavy atom. The first-order valence-electron chi connectivity index (χ1n) is 4.99. The van der Waals surface area contributed by atoms with Crippen molar-refractivity contribution >= 4 is 24.1 Å². The fourth-order valence-electron chi connectivity index (χ4n) is 1.40. The highest BCUT2D eigenvalue weighted by Crippen LogP contribution is 2.16. The molecule has 3 nitrogen and oxygen atoms in total. The van der Waals surface area contributed by atoms with E-state index in [0.29, 0.717) is 0 Å². The van der Waals surface area contributed by atoms with Crippen molar-refractivity contribution in [3.8, 4) is 5.75 Å². The monoisotopic (exact) mass is 248 g/mol. The van der Waals surface area contributed by atoms with Gasteiger partial charge in [-0.05, 0) is 36.3 Å². The van der Waals surface area contributed by atoms with Gasteiger partial charge in [0.15, 0.2) is 0 Å². The molecule has 0 atom stereocenters. The minimum absolute atomic E-state index is 0. The van der Waals surface area contributed by atoms with Gasteiger partial charge in [0, 0.05) is 12.4 Å². The zero-order valence-electron chi connectivity index (χ0n) is 9.37. The number of hydrogen-bond donors (Lipinski definition) is 1. The molecule has 0 aliphatic heterocycles. The lowest BCUT2D eigenvalue weighted by molar-refractivity contribution is 0.475. The first-order chi connectivity index (χ1) is 7.75. The van der Waals surface area contributed by atoms with E-state index in [-0.39, 0.29) is 18.2 Å². The van der Waals surface area contributed by atoms with Crippen LogP contribution in [0.5, 0.6) is 5.75 Å². The van der Waals surface area contributed by atoms with Crippen LogP contribution in [0.4, 0.5) is 0 Å². The number of phenolic OH excluding ortho intramolecular Hbond substituents is 1. The van der Waals surface area contributed by atoms with Crippen LogP contribution in [-0.4, -0.2) is 15.1 Å². The van der Waals surface area contributed by atoms with Gasteiger partial charge in [0.25, 0.3) is 0 Å². The van der Waals surface area contributed by atoms with E-state index >= 15 is 0 Å². The number of rotatable bonds is 2. The molecule has 2 aromatic rings. The van der Waals surface area contributed by atoms with Crippen LogP contribution in [-0.2, 0) is 0 Å². The van der Waals surface area contributed by atoms with Crippen molar-refractivity contribution < 1.29 is 5.11 Å². The molecule has 0 saturated heterocycles. The van der Waals surface area contributed by atoms with E-state index in [1.165, 1.54) is 0 Å². The molecule has 88 valence electrons. The fourth-order valence-corrected chi connectivity index (χ4v) is 1.40. The van der Waals surface area contributed by atoms with Crippen molar-refractivity contribution in [1.29, 1.82) is 0 Å². The van der Waals surface area contributed by atoms with Gasteiger partial charge < -0.3 is 5.11 Å². The molecule has 0 fully saturated rings. The second kappa shape index (κ2) is 6.01. The largest absolute Gasteiger partial charge is 0.508 e. The summed E-state index contributed by atoms with van der Waals surface area (Å²) >= 11 is 0. The smallest absolute Gasteiger partial charge is 0.115 e. The number of hydrogen-bond acceptors (Lipinski definition) is 3. The zero-order valence-corrected chi connectivity index (χ0v) is 10.2. The van der Waals surface area contributed by atoms with E-state index in [1.54, 1.807) is 30.7 Å². The van der Waals surface area contributed by atoms with Crippen molar-refractivity contribution in [3.05, 3.63) is 54.1 Å². The molecular weight excluding hydrogens is 236 g/mol. The van der Waals surface area contributed by atoms with E-state index in [1.807, 2.05) is 25.1 Å². The summed E-state index contributed by atoms with van der Waals surface area (Å²) in [6, 6.07) is 7.04. The molecule has 0 aliphatic carbocycles. The Kier molecular flexibility index (Phi) is 4.67. The SMILES string of the molecule is C/C(=C\c1ccc(O)cc1)c1cnccn1.Cl.